The van der Waals surface area contributed by atoms with Gasteiger partial charge in [0.25, 0.3) is 5.91 Å². The van der Waals surface area contributed by atoms with Gasteiger partial charge in [-0.05, 0) is 73.7 Å². The van der Waals surface area contributed by atoms with Crippen LogP contribution in [0.4, 0.5) is 10.1 Å². The van der Waals surface area contributed by atoms with E-state index in [4.69, 9.17) is 0 Å². The summed E-state index contributed by atoms with van der Waals surface area (Å²) in [5.74, 6) is 0.209. The smallest absolute Gasteiger partial charge is 0.272 e. The fourth-order valence-electron chi connectivity index (χ4n) is 4.64. The van der Waals surface area contributed by atoms with Crippen molar-refractivity contribution in [3.8, 4) is 0 Å². The number of anilines is 1. The molecule has 0 spiro atoms. The van der Waals surface area contributed by atoms with E-state index in [1.54, 1.807) is 40.3 Å². The zero-order chi connectivity index (χ0) is 25.4. The Morgan fingerprint density at radius 2 is 1.71 bits per heavy atom. The third kappa shape index (κ3) is 7.85. The number of benzene rings is 1. The molecule has 1 aliphatic heterocycles. The van der Waals surface area contributed by atoms with Gasteiger partial charge in [0.15, 0.2) is 0 Å². The molecule has 1 aliphatic rings. The number of carbonyl (C=O) groups excluding carboxylic acids is 2. The molecule has 35 heavy (non-hydrogen) atoms. The van der Waals surface area contributed by atoms with E-state index in [9.17, 15) is 14.0 Å². The first kappa shape index (κ1) is 26.8. The molecule has 0 fully saturated rings. The van der Waals surface area contributed by atoms with Crippen molar-refractivity contribution < 1.29 is 14.0 Å². The summed E-state index contributed by atoms with van der Waals surface area (Å²) in [5, 5.41) is 0. The van der Waals surface area contributed by atoms with Gasteiger partial charge in [-0.15, -0.1) is 0 Å². The molecule has 0 saturated carbocycles. The van der Waals surface area contributed by atoms with E-state index in [2.05, 4.69) is 23.7 Å². The van der Waals surface area contributed by atoms with Gasteiger partial charge < -0.3 is 14.7 Å². The lowest BCUT2D eigenvalue weighted by molar-refractivity contribution is -0.119. The van der Waals surface area contributed by atoms with Crippen LogP contribution in [0.2, 0.25) is 0 Å². The Kier molecular flexibility index (Phi) is 9.78. The minimum Gasteiger partial charge on any atom is -0.333 e. The Labute approximate surface area is 209 Å². The normalized spacial score (nSPS) is 16.1. The summed E-state index contributed by atoms with van der Waals surface area (Å²) < 4.78 is 14.4. The summed E-state index contributed by atoms with van der Waals surface area (Å²) >= 11 is 0. The molecule has 0 bridgehead atoms. The summed E-state index contributed by atoms with van der Waals surface area (Å²) in [6.07, 6.45) is 3.67. The van der Waals surface area contributed by atoms with Gasteiger partial charge in [0, 0.05) is 44.5 Å². The molecule has 7 heteroatoms. The van der Waals surface area contributed by atoms with E-state index < -0.39 is 0 Å². The fourth-order valence-corrected chi connectivity index (χ4v) is 4.64. The predicted octanol–water partition coefficient (Wildman–Crippen LogP) is 4.99. The number of rotatable bonds is 5. The molecule has 0 atom stereocenters. The van der Waals surface area contributed by atoms with Crippen molar-refractivity contribution in [2.45, 2.75) is 53.5 Å². The van der Waals surface area contributed by atoms with Crippen molar-refractivity contribution in [3.63, 3.8) is 0 Å². The monoisotopic (exact) mass is 482 g/mol. The van der Waals surface area contributed by atoms with Crippen LogP contribution in [0.15, 0.2) is 42.6 Å². The SMILES string of the molecule is CC(C)CC(=O)N1CCCN(CC(C)C)CCCN(C(=O)c2ccccn2)Cc2cc(F)ccc21. The highest BCUT2D eigenvalue weighted by atomic mass is 19.1. The van der Waals surface area contributed by atoms with E-state index in [-0.39, 0.29) is 30.1 Å². The van der Waals surface area contributed by atoms with E-state index in [1.807, 2.05) is 13.8 Å². The van der Waals surface area contributed by atoms with Crippen LogP contribution in [0.3, 0.4) is 0 Å². The number of carbonyl (C=O) groups is 2. The maximum Gasteiger partial charge on any atom is 0.272 e. The van der Waals surface area contributed by atoms with Crippen LogP contribution < -0.4 is 4.90 Å². The lowest BCUT2D eigenvalue weighted by Crippen LogP contribution is -2.40. The average molecular weight is 483 g/mol. The van der Waals surface area contributed by atoms with Crippen molar-refractivity contribution in [1.29, 1.82) is 0 Å². The summed E-state index contributed by atoms with van der Waals surface area (Å²) in [4.78, 5) is 36.9. The zero-order valence-electron chi connectivity index (χ0n) is 21.5. The molecule has 0 unspecified atom stereocenters. The van der Waals surface area contributed by atoms with Gasteiger partial charge in [-0.2, -0.15) is 0 Å². The van der Waals surface area contributed by atoms with Gasteiger partial charge in [0.1, 0.15) is 11.5 Å². The van der Waals surface area contributed by atoms with Crippen molar-refractivity contribution in [2.75, 3.05) is 37.6 Å². The molecule has 6 nitrogen and oxygen atoms in total. The van der Waals surface area contributed by atoms with Gasteiger partial charge in [-0.1, -0.05) is 33.8 Å². The zero-order valence-corrected chi connectivity index (χ0v) is 21.5. The number of hydrogen-bond donors (Lipinski definition) is 0. The van der Waals surface area contributed by atoms with Gasteiger partial charge in [-0.25, -0.2) is 4.39 Å². The Morgan fingerprint density at radius 3 is 2.37 bits per heavy atom. The van der Waals surface area contributed by atoms with Crippen molar-refractivity contribution >= 4 is 17.5 Å². The summed E-state index contributed by atoms with van der Waals surface area (Å²) in [6.45, 7) is 12.5. The predicted molar refractivity (Wildman–Crippen MR) is 138 cm³/mol. The largest absolute Gasteiger partial charge is 0.333 e. The Bertz CT molecular complexity index is 980. The van der Waals surface area contributed by atoms with Crippen LogP contribution in [-0.4, -0.2) is 59.3 Å². The molecule has 2 amide bonds. The first-order valence-electron chi connectivity index (χ1n) is 12.8. The highest BCUT2D eigenvalue weighted by molar-refractivity contribution is 5.95. The molecule has 1 aromatic carbocycles. The van der Waals surface area contributed by atoms with Crippen molar-refractivity contribution in [2.24, 2.45) is 11.8 Å². The Balaban J connectivity index is 2.00. The minimum absolute atomic E-state index is 0.0305. The highest BCUT2D eigenvalue weighted by Crippen LogP contribution is 2.26. The Morgan fingerprint density at radius 1 is 0.971 bits per heavy atom. The van der Waals surface area contributed by atoms with Crippen molar-refractivity contribution in [3.05, 3.63) is 59.7 Å². The van der Waals surface area contributed by atoms with Gasteiger partial charge in [-0.3, -0.25) is 14.6 Å². The number of halogens is 1. The quantitative estimate of drug-likeness (QED) is 0.602. The van der Waals surface area contributed by atoms with E-state index in [1.165, 1.54) is 12.1 Å². The third-order valence-corrected chi connectivity index (χ3v) is 6.13. The van der Waals surface area contributed by atoms with Gasteiger partial charge >= 0.3 is 0 Å². The number of aromatic nitrogens is 1. The highest BCUT2D eigenvalue weighted by Gasteiger charge is 2.25. The van der Waals surface area contributed by atoms with Crippen LogP contribution in [-0.2, 0) is 11.3 Å². The number of nitrogens with zero attached hydrogens (tertiary/aromatic N) is 4. The molecule has 0 aliphatic carbocycles. The summed E-state index contributed by atoms with van der Waals surface area (Å²) in [6, 6.07) is 9.82. The average Bonchev–Trinajstić information content (AvgIpc) is 2.80. The van der Waals surface area contributed by atoms with Crippen molar-refractivity contribution in [1.82, 2.24) is 14.8 Å². The minimum atomic E-state index is -0.375. The fraction of sp³-hybridized carbons (Fsp3) is 0.536. The molecule has 2 heterocycles. The second-order valence-corrected chi connectivity index (χ2v) is 10.3. The van der Waals surface area contributed by atoms with E-state index in [0.717, 1.165) is 32.5 Å². The molecule has 190 valence electrons. The molecular formula is C28H39FN4O2. The lowest BCUT2D eigenvalue weighted by atomic mass is 10.1. The van der Waals surface area contributed by atoms with Crippen LogP contribution in [0.5, 0.6) is 0 Å². The van der Waals surface area contributed by atoms with Crippen LogP contribution in [0.1, 0.15) is 63.0 Å². The first-order valence-corrected chi connectivity index (χ1v) is 12.8. The number of fused-ring (bicyclic) bond motifs is 1. The maximum absolute atomic E-state index is 14.4. The number of amides is 2. The number of hydrogen-bond acceptors (Lipinski definition) is 4. The number of pyridine rings is 1. The molecule has 1 aromatic heterocycles. The molecule has 0 N–H and O–H groups in total. The standard InChI is InChI=1S/C28H39FN4O2/c1-21(2)17-27(34)33-16-8-14-31(19-22(3)4)13-7-15-32(28(35)25-9-5-6-12-30-25)20-23-18-24(29)10-11-26(23)33/h5-6,9-12,18,21-22H,7-8,13-17,19-20H2,1-4H3. The van der Waals surface area contributed by atoms with Gasteiger partial charge in [0.2, 0.25) is 5.91 Å². The van der Waals surface area contributed by atoms with E-state index in [0.29, 0.717) is 42.4 Å². The first-order chi connectivity index (χ1) is 16.7. The summed E-state index contributed by atoms with van der Waals surface area (Å²) in [5.41, 5.74) is 1.70. The summed E-state index contributed by atoms with van der Waals surface area (Å²) in [7, 11) is 0. The maximum atomic E-state index is 14.4. The molecule has 2 aromatic rings. The van der Waals surface area contributed by atoms with Crippen LogP contribution >= 0.6 is 0 Å². The molecule has 0 saturated heterocycles. The van der Waals surface area contributed by atoms with Crippen LogP contribution in [0.25, 0.3) is 0 Å². The topological polar surface area (TPSA) is 56.8 Å². The second-order valence-electron chi connectivity index (χ2n) is 10.3. The van der Waals surface area contributed by atoms with Gasteiger partial charge in [0.05, 0.1) is 0 Å². The second kappa shape index (κ2) is 12.8. The Hall–Kier alpha value is -2.80. The molecular weight excluding hydrogens is 443 g/mol. The lowest BCUT2D eigenvalue weighted by Gasteiger charge is -2.32. The molecule has 3 rings (SSSR count). The van der Waals surface area contributed by atoms with Crippen LogP contribution in [0, 0.1) is 17.7 Å². The van der Waals surface area contributed by atoms with E-state index >= 15 is 0 Å². The third-order valence-electron chi connectivity index (χ3n) is 6.13. The molecule has 0 radical (unpaired) electrons.